The van der Waals surface area contributed by atoms with Gasteiger partial charge in [-0.05, 0) is 24.0 Å². The van der Waals surface area contributed by atoms with Gasteiger partial charge in [0.05, 0.1) is 0 Å². The van der Waals surface area contributed by atoms with E-state index in [0.29, 0.717) is 0 Å². The van der Waals surface area contributed by atoms with E-state index in [1.807, 2.05) is 65.6 Å². The molecular formula is C18H18ClNO. The van der Waals surface area contributed by atoms with Gasteiger partial charge in [0.15, 0.2) is 4.87 Å². The molecule has 0 atom stereocenters. The van der Waals surface area contributed by atoms with Crippen molar-refractivity contribution in [1.82, 2.24) is 4.90 Å². The minimum atomic E-state index is -1.13. The smallest absolute Gasteiger partial charge is 0.252 e. The van der Waals surface area contributed by atoms with E-state index < -0.39 is 4.87 Å². The molecule has 0 radical (unpaired) electrons. The van der Waals surface area contributed by atoms with Crippen molar-refractivity contribution < 1.29 is 4.79 Å². The Labute approximate surface area is 130 Å². The molecule has 108 valence electrons. The van der Waals surface area contributed by atoms with E-state index >= 15 is 0 Å². The molecule has 0 saturated carbocycles. The molecule has 0 aromatic heterocycles. The van der Waals surface area contributed by atoms with Gasteiger partial charge in [-0.1, -0.05) is 72.3 Å². The van der Waals surface area contributed by atoms with Crippen LogP contribution in [0.5, 0.6) is 0 Å². The SMILES string of the molecule is O=C(N1CCCC1)C(Cl)(c1ccccc1)c1ccccc1. The van der Waals surface area contributed by atoms with E-state index in [-0.39, 0.29) is 5.91 Å². The van der Waals surface area contributed by atoms with Gasteiger partial charge in [-0.25, -0.2) is 0 Å². The van der Waals surface area contributed by atoms with Crippen LogP contribution in [0.3, 0.4) is 0 Å². The zero-order valence-corrected chi connectivity index (χ0v) is 12.6. The van der Waals surface area contributed by atoms with Gasteiger partial charge in [-0.3, -0.25) is 4.79 Å². The Balaban J connectivity index is 2.08. The summed E-state index contributed by atoms with van der Waals surface area (Å²) in [5.74, 6) is -0.0148. The summed E-state index contributed by atoms with van der Waals surface area (Å²) in [5.41, 5.74) is 1.66. The van der Waals surface area contributed by atoms with Crippen molar-refractivity contribution in [3.63, 3.8) is 0 Å². The number of halogens is 1. The normalized spacial score (nSPS) is 15.2. The minimum absolute atomic E-state index is 0.0148. The van der Waals surface area contributed by atoms with E-state index in [1.165, 1.54) is 0 Å². The number of nitrogens with zero attached hydrogens (tertiary/aromatic N) is 1. The monoisotopic (exact) mass is 299 g/mol. The third-order valence-electron chi connectivity index (χ3n) is 4.03. The Morgan fingerprint density at radius 2 is 1.29 bits per heavy atom. The molecule has 0 unspecified atom stereocenters. The molecule has 1 heterocycles. The van der Waals surface area contributed by atoms with Gasteiger partial charge in [0, 0.05) is 13.1 Å². The van der Waals surface area contributed by atoms with E-state index in [2.05, 4.69) is 0 Å². The van der Waals surface area contributed by atoms with Crippen molar-refractivity contribution in [2.75, 3.05) is 13.1 Å². The number of hydrogen-bond acceptors (Lipinski definition) is 1. The van der Waals surface area contributed by atoms with Gasteiger partial charge >= 0.3 is 0 Å². The lowest BCUT2D eigenvalue weighted by molar-refractivity contribution is -0.132. The number of benzene rings is 2. The number of hydrogen-bond donors (Lipinski definition) is 0. The second-order valence-corrected chi connectivity index (χ2v) is 5.96. The maximum atomic E-state index is 13.1. The molecule has 0 N–H and O–H groups in total. The lowest BCUT2D eigenvalue weighted by Gasteiger charge is -2.31. The standard InChI is InChI=1S/C18H18ClNO/c19-18(15-9-3-1-4-10-15,16-11-5-2-6-12-16)17(21)20-13-7-8-14-20/h1-6,9-12H,7-8,13-14H2. The maximum absolute atomic E-state index is 13.1. The van der Waals surface area contributed by atoms with Crippen molar-refractivity contribution in [2.24, 2.45) is 0 Å². The minimum Gasteiger partial charge on any atom is -0.341 e. The van der Waals surface area contributed by atoms with Crippen LogP contribution in [0.15, 0.2) is 60.7 Å². The molecule has 1 fully saturated rings. The summed E-state index contributed by atoms with van der Waals surface area (Å²) in [6.45, 7) is 1.60. The Bertz CT molecular complexity index is 566. The first kappa shape index (κ1) is 14.2. The number of rotatable bonds is 3. The van der Waals surface area contributed by atoms with Crippen LogP contribution in [-0.2, 0) is 9.67 Å². The Morgan fingerprint density at radius 1 is 0.857 bits per heavy atom. The molecule has 0 aliphatic carbocycles. The van der Waals surface area contributed by atoms with Crippen molar-refractivity contribution in [3.8, 4) is 0 Å². The average Bonchev–Trinajstić information content (AvgIpc) is 3.09. The average molecular weight is 300 g/mol. The van der Waals surface area contributed by atoms with Crippen LogP contribution in [0.1, 0.15) is 24.0 Å². The van der Waals surface area contributed by atoms with Crippen LogP contribution in [-0.4, -0.2) is 23.9 Å². The highest BCUT2D eigenvalue weighted by atomic mass is 35.5. The van der Waals surface area contributed by atoms with Crippen LogP contribution in [0, 0.1) is 0 Å². The van der Waals surface area contributed by atoms with Gasteiger partial charge < -0.3 is 4.90 Å². The van der Waals surface area contributed by atoms with Crippen LogP contribution in [0.2, 0.25) is 0 Å². The van der Waals surface area contributed by atoms with Gasteiger partial charge in [-0.15, -0.1) is 0 Å². The molecular weight excluding hydrogens is 282 g/mol. The van der Waals surface area contributed by atoms with Crippen molar-refractivity contribution in [1.29, 1.82) is 0 Å². The fourth-order valence-electron chi connectivity index (χ4n) is 2.89. The molecule has 3 heteroatoms. The molecule has 2 nitrogen and oxygen atoms in total. The highest BCUT2D eigenvalue weighted by molar-refractivity contribution is 6.37. The zero-order chi connectivity index (χ0) is 14.7. The molecule has 2 aromatic rings. The second-order valence-electron chi connectivity index (χ2n) is 5.39. The predicted molar refractivity (Wildman–Crippen MR) is 85.3 cm³/mol. The summed E-state index contributed by atoms with van der Waals surface area (Å²) in [6.07, 6.45) is 2.12. The number of likely N-dealkylation sites (tertiary alicyclic amines) is 1. The molecule has 2 aromatic carbocycles. The number of alkyl halides is 1. The van der Waals surface area contributed by atoms with Crippen molar-refractivity contribution in [3.05, 3.63) is 71.8 Å². The third-order valence-corrected chi connectivity index (χ3v) is 4.63. The summed E-state index contributed by atoms with van der Waals surface area (Å²) in [4.78, 5) is 13.8. The molecule has 1 aliphatic heterocycles. The van der Waals surface area contributed by atoms with Crippen LogP contribution >= 0.6 is 11.6 Å². The summed E-state index contributed by atoms with van der Waals surface area (Å²) < 4.78 is 0. The van der Waals surface area contributed by atoms with Crippen molar-refractivity contribution >= 4 is 17.5 Å². The first-order valence-electron chi connectivity index (χ1n) is 7.32. The highest BCUT2D eigenvalue weighted by Crippen LogP contribution is 2.39. The number of carbonyl (C=O) groups is 1. The number of carbonyl (C=O) groups excluding carboxylic acids is 1. The fourth-order valence-corrected chi connectivity index (χ4v) is 3.26. The predicted octanol–water partition coefficient (Wildman–Crippen LogP) is 3.79. The summed E-state index contributed by atoms with van der Waals surface area (Å²) in [7, 11) is 0. The molecule has 1 aliphatic rings. The van der Waals surface area contributed by atoms with Gasteiger partial charge in [-0.2, -0.15) is 0 Å². The van der Waals surface area contributed by atoms with Crippen LogP contribution in [0.25, 0.3) is 0 Å². The molecule has 0 bridgehead atoms. The first-order chi connectivity index (χ1) is 10.2. The number of amides is 1. The van der Waals surface area contributed by atoms with Gasteiger partial charge in [0.1, 0.15) is 0 Å². The fraction of sp³-hybridized carbons (Fsp3) is 0.278. The largest absolute Gasteiger partial charge is 0.341 e. The highest BCUT2D eigenvalue weighted by Gasteiger charge is 2.43. The molecule has 21 heavy (non-hydrogen) atoms. The van der Waals surface area contributed by atoms with Crippen molar-refractivity contribution in [2.45, 2.75) is 17.7 Å². The van der Waals surface area contributed by atoms with Gasteiger partial charge in [0.2, 0.25) is 0 Å². The van der Waals surface area contributed by atoms with E-state index in [4.69, 9.17) is 11.6 Å². The summed E-state index contributed by atoms with van der Waals surface area (Å²) in [6, 6.07) is 19.3. The lowest BCUT2D eigenvalue weighted by Crippen LogP contribution is -2.43. The quantitative estimate of drug-likeness (QED) is 0.790. The Morgan fingerprint density at radius 3 is 1.71 bits per heavy atom. The summed E-state index contributed by atoms with van der Waals surface area (Å²) in [5, 5.41) is 0. The molecule has 1 saturated heterocycles. The van der Waals surface area contributed by atoms with E-state index in [0.717, 1.165) is 37.1 Å². The topological polar surface area (TPSA) is 20.3 Å². The van der Waals surface area contributed by atoms with Crippen LogP contribution in [0.4, 0.5) is 0 Å². The maximum Gasteiger partial charge on any atom is 0.252 e. The van der Waals surface area contributed by atoms with Crippen LogP contribution < -0.4 is 0 Å². The second kappa shape index (κ2) is 5.90. The lowest BCUT2D eigenvalue weighted by atomic mass is 9.89. The molecule has 0 spiro atoms. The Kier molecular flexibility index (Phi) is 3.98. The molecule has 1 amide bonds. The Hall–Kier alpha value is -1.80. The molecule has 3 rings (SSSR count). The summed E-state index contributed by atoms with van der Waals surface area (Å²) >= 11 is 6.93. The first-order valence-corrected chi connectivity index (χ1v) is 7.70. The van der Waals surface area contributed by atoms with E-state index in [1.54, 1.807) is 0 Å². The third kappa shape index (κ3) is 2.56. The zero-order valence-electron chi connectivity index (χ0n) is 11.8. The van der Waals surface area contributed by atoms with Gasteiger partial charge in [0.25, 0.3) is 5.91 Å². The van der Waals surface area contributed by atoms with E-state index in [9.17, 15) is 4.79 Å².